The monoisotopic (exact) mass is 317 g/mol. The predicted octanol–water partition coefficient (Wildman–Crippen LogP) is 2.89. The smallest absolute Gasteiger partial charge is 0.264 e. The number of hydrogen-bond donors (Lipinski definition) is 0. The van der Waals surface area contributed by atoms with Gasteiger partial charge in [0.25, 0.3) is 10.0 Å². The van der Waals surface area contributed by atoms with Crippen LogP contribution in [0.5, 0.6) is 0 Å². The first kappa shape index (κ1) is 15.0. The minimum Gasteiger partial charge on any atom is -0.299 e. The molecule has 22 heavy (non-hydrogen) atoms. The molecule has 5 heteroatoms. The number of ketones is 1. The van der Waals surface area contributed by atoms with Crippen molar-refractivity contribution in [3.8, 4) is 0 Å². The van der Waals surface area contributed by atoms with Crippen LogP contribution in [0.3, 0.4) is 0 Å². The molecule has 0 amide bonds. The van der Waals surface area contributed by atoms with Gasteiger partial charge in [-0.15, -0.1) is 0 Å². The third-order valence-electron chi connectivity index (χ3n) is 4.66. The second-order valence-electron chi connectivity index (χ2n) is 6.04. The maximum absolute atomic E-state index is 12.9. The third-order valence-corrected chi connectivity index (χ3v) is 6.45. The van der Waals surface area contributed by atoms with E-state index in [2.05, 4.69) is 0 Å². The van der Waals surface area contributed by atoms with Gasteiger partial charge in [-0.05, 0) is 38.8 Å². The van der Waals surface area contributed by atoms with Crippen LogP contribution in [0.25, 0.3) is 0 Å². The van der Waals surface area contributed by atoms with E-state index in [1.54, 1.807) is 49.5 Å². The zero-order valence-electron chi connectivity index (χ0n) is 12.7. The number of carbonyl (C=O) groups is 1. The van der Waals surface area contributed by atoms with E-state index in [-0.39, 0.29) is 16.7 Å². The SMILES string of the molecule is CC(=O)[C@]12C=CN(S(=O)(=O)c3ccccc3)[C@H]1CC=C(C)C2. The largest absolute Gasteiger partial charge is 0.299 e. The maximum atomic E-state index is 12.9. The number of fused-ring (bicyclic) bond motifs is 1. The van der Waals surface area contributed by atoms with Crippen molar-refractivity contribution in [2.24, 2.45) is 5.41 Å². The number of allylic oxidation sites excluding steroid dienone is 1. The molecule has 2 aliphatic rings. The lowest BCUT2D eigenvalue weighted by atomic mass is 9.70. The Morgan fingerprint density at radius 3 is 2.59 bits per heavy atom. The van der Waals surface area contributed by atoms with E-state index in [4.69, 9.17) is 0 Å². The highest BCUT2D eigenvalue weighted by Gasteiger charge is 2.51. The van der Waals surface area contributed by atoms with Crippen molar-refractivity contribution in [2.45, 2.75) is 37.6 Å². The minimum atomic E-state index is -3.63. The van der Waals surface area contributed by atoms with Crippen LogP contribution in [0.2, 0.25) is 0 Å². The van der Waals surface area contributed by atoms with E-state index in [0.29, 0.717) is 12.8 Å². The van der Waals surface area contributed by atoms with E-state index in [9.17, 15) is 13.2 Å². The van der Waals surface area contributed by atoms with Crippen LogP contribution in [-0.2, 0) is 14.8 Å². The molecule has 0 unspecified atom stereocenters. The molecule has 0 radical (unpaired) electrons. The number of carbonyl (C=O) groups excluding carboxylic acids is 1. The number of nitrogens with zero attached hydrogens (tertiary/aromatic N) is 1. The molecule has 0 fully saturated rings. The molecule has 0 bridgehead atoms. The van der Waals surface area contributed by atoms with Crippen molar-refractivity contribution in [3.05, 3.63) is 54.3 Å². The van der Waals surface area contributed by atoms with E-state index in [0.717, 1.165) is 5.57 Å². The number of hydrogen-bond acceptors (Lipinski definition) is 3. The van der Waals surface area contributed by atoms with Gasteiger partial charge in [-0.1, -0.05) is 35.9 Å². The van der Waals surface area contributed by atoms with Gasteiger partial charge in [0.1, 0.15) is 5.78 Å². The Balaban J connectivity index is 2.05. The molecular weight excluding hydrogens is 298 g/mol. The van der Waals surface area contributed by atoms with Crippen LogP contribution >= 0.6 is 0 Å². The van der Waals surface area contributed by atoms with Gasteiger partial charge >= 0.3 is 0 Å². The zero-order valence-corrected chi connectivity index (χ0v) is 13.5. The molecular formula is C17H19NO3S. The maximum Gasteiger partial charge on any atom is 0.264 e. The van der Waals surface area contributed by atoms with E-state index < -0.39 is 15.4 Å². The number of Topliss-reactive ketones (excluding diaryl/α,β-unsaturated/α-hetero) is 1. The molecule has 1 aromatic carbocycles. The topological polar surface area (TPSA) is 54.5 Å². The molecule has 4 nitrogen and oxygen atoms in total. The molecule has 1 aromatic rings. The Morgan fingerprint density at radius 2 is 1.95 bits per heavy atom. The summed E-state index contributed by atoms with van der Waals surface area (Å²) in [4.78, 5) is 12.5. The number of benzene rings is 1. The van der Waals surface area contributed by atoms with Crippen molar-refractivity contribution < 1.29 is 13.2 Å². The first-order valence-corrected chi connectivity index (χ1v) is 8.76. The van der Waals surface area contributed by atoms with Crippen molar-refractivity contribution in [3.63, 3.8) is 0 Å². The average molecular weight is 317 g/mol. The summed E-state index contributed by atoms with van der Waals surface area (Å²) in [6.45, 7) is 3.54. The molecule has 0 saturated heterocycles. The molecule has 1 heterocycles. The van der Waals surface area contributed by atoms with Crippen molar-refractivity contribution in [1.29, 1.82) is 0 Å². The van der Waals surface area contributed by atoms with Gasteiger partial charge in [-0.25, -0.2) is 8.42 Å². The summed E-state index contributed by atoms with van der Waals surface area (Å²) in [5.41, 5.74) is 0.413. The normalized spacial score (nSPS) is 27.5. The van der Waals surface area contributed by atoms with Crippen LogP contribution in [0.4, 0.5) is 0 Å². The van der Waals surface area contributed by atoms with Gasteiger partial charge in [0.15, 0.2) is 0 Å². The lowest BCUT2D eigenvalue weighted by Gasteiger charge is -2.39. The van der Waals surface area contributed by atoms with Crippen LogP contribution in [-0.4, -0.2) is 24.5 Å². The van der Waals surface area contributed by atoms with Crippen molar-refractivity contribution >= 4 is 15.8 Å². The summed E-state index contributed by atoms with van der Waals surface area (Å²) in [7, 11) is -3.63. The fourth-order valence-electron chi connectivity index (χ4n) is 3.42. The summed E-state index contributed by atoms with van der Waals surface area (Å²) in [6, 6.07) is 8.00. The fourth-order valence-corrected chi connectivity index (χ4v) is 5.00. The lowest BCUT2D eigenvalue weighted by Crippen LogP contribution is -2.47. The van der Waals surface area contributed by atoms with Crippen molar-refractivity contribution in [2.75, 3.05) is 0 Å². The van der Waals surface area contributed by atoms with Crippen molar-refractivity contribution in [1.82, 2.24) is 4.31 Å². The molecule has 0 N–H and O–H groups in total. The van der Waals surface area contributed by atoms with Gasteiger partial charge < -0.3 is 0 Å². The summed E-state index contributed by atoms with van der Waals surface area (Å²) in [5, 5.41) is 0. The molecule has 0 spiro atoms. The Hall–Kier alpha value is -1.88. The first-order chi connectivity index (χ1) is 10.4. The third kappa shape index (κ3) is 2.11. The summed E-state index contributed by atoms with van der Waals surface area (Å²) < 4.78 is 27.1. The summed E-state index contributed by atoms with van der Waals surface area (Å²) in [5.74, 6) is 0.0203. The molecule has 0 saturated carbocycles. The summed E-state index contributed by atoms with van der Waals surface area (Å²) in [6.07, 6.45) is 6.53. The van der Waals surface area contributed by atoms with Gasteiger partial charge in [0, 0.05) is 6.20 Å². The second-order valence-corrected chi connectivity index (χ2v) is 7.88. The van der Waals surface area contributed by atoms with Gasteiger partial charge in [-0.3, -0.25) is 9.10 Å². The molecule has 116 valence electrons. The Bertz CT molecular complexity index is 764. The van der Waals surface area contributed by atoms with E-state index in [1.165, 1.54) is 4.31 Å². The molecule has 1 aliphatic heterocycles. The molecule has 0 aromatic heterocycles. The fraction of sp³-hybridized carbons (Fsp3) is 0.353. The highest BCUT2D eigenvalue weighted by molar-refractivity contribution is 7.89. The molecule has 1 aliphatic carbocycles. The summed E-state index contributed by atoms with van der Waals surface area (Å²) >= 11 is 0. The molecule has 3 rings (SSSR count). The number of rotatable bonds is 3. The van der Waals surface area contributed by atoms with E-state index in [1.807, 2.05) is 13.0 Å². The zero-order chi connectivity index (χ0) is 16.0. The highest BCUT2D eigenvalue weighted by Crippen LogP contribution is 2.47. The van der Waals surface area contributed by atoms with Crippen LogP contribution in [0, 0.1) is 5.41 Å². The van der Waals surface area contributed by atoms with Gasteiger partial charge in [0.05, 0.1) is 16.4 Å². The van der Waals surface area contributed by atoms with E-state index >= 15 is 0 Å². The standard InChI is InChI=1S/C17H19NO3S/c1-13-8-9-16-17(12-13,14(2)19)10-11-18(16)22(20,21)15-6-4-3-5-7-15/h3-8,10-11,16H,9,12H2,1-2H3/t16-,17+/m0/s1. The first-order valence-electron chi connectivity index (χ1n) is 7.32. The van der Waals surface area contributed by atoms with Crippen LogP contribution < -0.4 is 0 Å². The Labute approximate surface area is 131 Å². The second kappa shape index (κ2) is 5.09. The van der Waals surface area contributed by atoms with Gasteiger partial charge in [0.2, 0.25) is 0 Å². The Morgan fingerprint density at radius 1 is 1.27 bits per heavy atom. The minimum absolute atomic E-state index is 0.0203. The van der Waals surface area contributed by atoms with Crippen LogP contribution in [0.15, 0.2) is 59.2 Å². The Kier molecular flexibility index (Phi) is 3.48. The van der Waals surface area contributed by atoms with Gasteiger partial charge in [-0.2, -0.15) is 0 Å². The predicted molar refractivity (Wildman–Crippen MR) is 84.5 cm³/mol. The lowest BCUT2D eigenvalue weighted by molar-refractivity contribution is -0.125. The van der Waals surface area contributed by atoms with Crippen LogP contribution in [0.1, 0.15) is 26.7 Å². The molecule has 2 atom stereocenters. The highest BCUT2D eigenvalue weighted by atomic mass is 32.2. The number of sulfonamides is 1. The average Bonchev–Trinajstić information content (AvgIpc) is 2.88. The quantitative estimate of drug-likeness (QED) is 0.806.